The predicted molar refractivity (Wildman–Crippen MR) is 83.5 cm³/mol. The SMILES string of the molecule is CC(N)CCC(=O)NCCc1ccc2ccccc2c1. The molecule has 1 atom stereocenters. The van der Waals surface area contributed by atoms with Crippen LogP contribution in [0.4, 0.5) is 0 Å². The Morgan fingerprint density at radius 3 is 2.70 bits per heavy atom. The average Bonchev–Trinajstić information content (AvgIpc) is 2.45. The van der Waals surface area contributed by atoms with E-state index in [1.54, 1.807) is 0 Å². The quantitative estimate of drug-likeness (QED) is 0.847. The van der Waals surface area contributed by atoms with Crippen molar-refractivity contribution in [1.29, 1.82) is 0 Å². The molecule has 1 unspecified atom stereocenters. The molecular weight excluding hydrogens is 248 g/mol. The highest BCUT2D eigenvalue weighted by atomic mass is 16.1. The van der Waals surface area contributed by atoms with E-state index in [1.165, 1.54) is 16.3 Å². The van der Waals surface area contributed by atoms with Crippen molar-refractivity contribution < 1.29 is 4.79 Å². The monoisotopic (exact) mass is 270 g/mol. The molecule has 0 heterocycles. The van der Waals surface area contributed by atoms with Gasteiger partial charge in [0.05, 0.1) is 0 Å². The number of nitrogens with two attached hydrogens (primary N) is 1. The van der Waals surface area contributed by atoms with Crippen LogP contribution in [0.15, 0.2) is 42.5 Å². The minimum Gasteiger partial charge on any atom is -0.356 e. The van der Waals surface area contributed by atoms with Gasteiger partial charge in [-0.2, -0.15) is 0 Å². The summed E-state index contributed by atoms with van der Waals surface area (Å²) in [6, 6.07) is 14.8. The van der Waals surface area contributed by atoms with Crippen molar-refractivity contribution in [3.63, 3.8) is 0 Å². The maximum absolute atomic E-state index is 11.6. The summed E-state index contributed by atoms with van der Waals surface area (Å²) >= 11 is 0. The van der Waals surface area contributed by atoms with Crippen molar-refractivity contribution in [1.82, 2.24) is 5.32 Å². The molecule has 0 bridgehead atoms. The van der Waals surface area contributed by atoms with Gasteiger partial charge in [-0.05, 0) is 36.1 Å². The summed E-state index contributed by atoms with van der Waals surface area (Å²) in [4.78, 5) is 11.6. The second kappa shape index (κ2) is 7.06. The zero-order valence-corrected chi connectivity index (χ0v) is 11.9. The number of carbonyl (C=O) groups excluding carboxylic acids is 1. The van der Waals surface area contributed by atoms with E-state index < -0.39 is 0 Å². The summed E-state index contributed by atoms with van der Waals surface area (Å²) < 4.78 is 0. The first-order valence-electron chi connectivity index (χ1n) is 7.15. The Bertz CT molecular complexity index is 578. The van der Waals surface area contributed by atoms with Crippen molar-refractivity contribution in [3.8, 4) is 0 Å². The van der Waals surface area contributed by atoms with Gasteiger partial charge in [-0.3, -0.25) is 4.79 Å². The molecular formula is C17H22N2O. The van der Waals surface area contributed by atoms with Gasteiger partial charge in [0.1, 0.15) is 0 Å². The van der Waals surface area contributed by atoms with Crippen LogP contribution in [0.1, 0.15) is 25.3 Å². The van der Waals surface area contributed by atoms with Crippen molar-refractivity contribution >= 4 is 16.7 Å². The lowest BCUT2D eigenvalue weighted by atomic mass is 10.1. The Balaban J connectivity index is 1.82. The summed E-state index contributed by atoms with van der Waals surface area (Å²) in [5.41, 5.74) is 6.88. The van der Waals surface area contributed by atoms with E-state index in [2.05, 4.69) is 35.6 Å². The fraction of sp³-hybridized carbons (Fsp3) is 0.353. The van der Waals surface area contributed by atoms with Crippen LogP contribution in [-0.4, -0.2) is 18.5 Å². The van der Waals surface area contributed by atoms with E-state index in [-0.39, 0.29) is 11.9 Å². The molecule has 0 saturated heterocycles. The van der Waals surface area contributed by atoms with E-state index in [0.717, 1.165) is 12.8 Å². The number of hydrogen-bond donors (Lipinski definition) is 2. The first-order valence-corrected chi connectivity index (χ1v) is 7.15. The highest BCUT2D eigenvalue weighted by Crippen LogP contribution is 2.15. The molecule has 3 nitrogen and oxygen atoms in total. The number of carbonyl (C=O) groups is 1. The van der Waals surface area contributed by atoms with E-state index in [1.807, 2.05) is 19.1 Å². The lowest BCUT2D eigenvalue weighted by molar-refractivity contribution is -0.121. The van der Waals surface area contributed by atoms with Crippen LogP contribution in [0.2, 0.25) is 0 Å². The van der Waals surface area contributed by atoms with Gasteiger partial charge in [-0.15, -0.1) is 0 Å². The molecule has 0 spiro atoms. The summed E-state index contributed by atoms with van der Waals surface area (Å²) in [5, 5.41) is 5.43. The van der Waals surface area contributed by atoms with Crippen LogP contribution >= 0.6 is 0 Å². The second-order valence-electron chi connectivity index (χ2n) is 5.30. The molecule has 20 heavy (non-hydrogen) atoms. The Morgan fingerprint density at radius 1 is 1.20 bits per heavy atom. The highest BCUT2D eigenvalue weighted by molar-refractivity contribution is 5.83. The van der Waals surface area contributed by atoms with Crippen molar-refractivity contribution in [2.75, 3.05) is 6.54 Å². The lowest BCUT2D eigenvalue weighted by Gasteiger charge is -2.07. The van der Waals surface area contributed by atoms with E-state index in [9.17, 15) is 4.79 Å². The first kappa shape index (κ1) is 14.5. The van der Waals surface area contributed by atoms with Gasteiger partial charge in [0.25, 0.3) is 0 Å². The molecule has 106 valence electrons. The largest absolute Gasteiger partial charge is 0.356 e. The number of amides is 1. The second-order valence-corrected chi connectivity index (χ2v) is 5.30. The molecule has 2 aromatic rings. The third-order valence-corrected chi connectivity index (χ3v) is 3.38. The molecule has 1 amide bonds. The number of fused-ring (bicyclic) bond motifs is 1. The zero-order chi connectivity index (χ0) is 14.4. The molecule has 0 aliphatic rings. The first-order chi connectivity index (χ1) is 9.65. The zero-order valence-electron chi connectivity index (χ0n) is 11.9. The molecule has 0 aliphatic carbocycles. The molecule has 3 heteroatoms. The number of benzene rings is 2. The van der Waals surface area contributed by atoms with Crippen molar-refractivity contribution in [3.05, 3.63) is 48.0 Å². The third kappa shape index (κ3) is 4.35. The molecule has 0 radical (unpaired) electrons. The van der Waals surface area contributed by atoms with Gasteiger partial charge in [0, 0.05) is 19.0 Å². The van der Waals surface area contributed by atoms with Gasteiger partial charge >= 0.3 is 0 Å². The molecule has 3 N–H and O–H groups in total. The fourth-order valence-corrected chi connectivity index (χ4v) is 2.19. The molecule has 0 aromatic heterocycles. The summed E-state index contributed by atoms with van der Waals surface area (Å²) in [6.45, 7) is 2.60. The summed E-state index contributed by atoms with van der Waals surface area (Å²) in [7, 11) is 0. The van der Waals surface area contributed by atoms with Crippen LogP contribution < -0.4 is 11.1 Å². The van der Waals surface area contributed by atoms with Crippen LogP contribution in [0.25, 0.3) is 10.8 Å². The number of nitrogens with one attached hydrogen (secondary N) is 1. The Hall–Kier alpha value is -1.87. The minimum absolute atomic E-state index is 0.0845. The molecule has 2 rings (SSSR count). The summed E-state index contributed by atoms with van der Waals surface area (Å²) in [5.74, 6) is 0.0862. The van der Waals surface area contributed by atoms with Crippen molar-refractivity contribution in [2.45, 2.75) is 32.2 Å². The molecule has 0 aliphatic heterocycles. The standard InChI is InChI=1S/C17H22N2O/c1-13(18)6-9-17(20)19-11-10-14-7-8-15-4-2-3-5-16(15)12-14/h2-5,7-8,12-13H,6,9-11,18H2,1H3,(H,19,20). The van der Waals surface area contributed by atoms with Crippen LogP contribution in [0.3, 0.4) is 0 Å². The van der Waals surface area contributed by atoms with Gasteiger partial charge in [-0.1, -0.05) is 42.5 Å². The number of hydrogen-bond acceptors (Lipinski definition) is 2. The predicted octanol–water partition coefficient (Wildman–Crippen LogP) is 2.63. The van der Waals surface area contributed by atoms with Gasteiger partial charge in [0.2, 0.25) is 5.91 Å². The number of rotatable bonds is 6. The Labute approximate surface area is 120 Å². The maximum Gasteiger partial charge on any atom is 0.220 e. The fourth-order valence-electron chi connectivity index (χ4n) is 2.19. The Morgan fingerprint density at radius 2 is 1.95 bits per heavy atom. The summed E-state index contributed by atoms with van der Waals surface area (Å²) in [6.07, 6.45) is 2.10. The van der Waals surface area contributed by atoms with Crippen molar-refractivity contribution in [2.24, 2.45) is 5.73 Å². The average molecular weight is 270 g/mol. The highest BCUT2D eigenvalue weighted by Gasteiger charge is 2.03. The lowest BCUT2D eigenvalue weighted by Crippen LogP contribution is -2.27. The van der Waals surface area contributed by atoms with Crippen LogP contribution in [0.5, 0.6) is 0 Å². The molecule has 0 fully saturated rings. The normalized spacial score (nSPS) is 12.3. The smallest absolute Gasteiger partial charge is 0.220 e. The van der Waals surface area contributed by atoms with E-state index >= 15 is 0 Å². The maximum atomic E-state index is 11.6. The van der Waals surface area contributed by atoms with Gasteiger partial charge < -0.3 is 11.1 Å². The third-order valence-electron chi connectivity index (χ3n) is 3.38. The van der Waals surface area contributed by atoms with E-state index in [4.69, 9.17) is 5.73 Å². The topological polar surface area (TPSA) is 55.1 Å². The van der Waals surface area contributed by atoms with Gasteiger partial charge in [-0.25, -0.2) is 0 Å². The van der Waals surface area contributed by atoms with Crippen LogP contribution in [-0.2, 0) is 11.2 Å². The van der Waals surface area contributed by atoms with Crippen LogP contribution in [0, 0.1) is 0 Å². The molecule has 0 saturated carbocycles. The molecule has 2 aromatic carbocycles. The Kier molecular flexibility index (Phi) is 5.13. The van der Waals surface area contributed by atoms with Gasteiger partial charge in [0.15, 0.2) is 0 Å². The van der Waals surface area contributed by atoms with E-state index in [0.29, 0.717) is 13.0 Å². The minimum atomic E-state index is 0.0845.